The van der Waals surface area contributed by atoms with Crippen molar-refractivity contribution in [1.82, 2.24) is 10.6 Å². The summed E-state index contributed by atoms with van der Waals surface area (Å²) >= 11 is 0. The molecule has 0 radical (unpaired) electrons. The Hall–Kier alpha value is -1.55. The van der Waals surface area contributed by atoms with E-state index in [0.29, 0.717) is 18.4 Å². The van der Waals surface area contributed by atoms with Crippen molar-refractivity contribution in [2.24, 2.45) is 5.92 Å². The molecule has 0 fully saturated rings. The minimum Gasteiger partial charge on any atom is -0.395 e. The van der Waals surface area contributed by atoms with E-state index in [0.717, 1.165) is 0 Å². The van der Waals surface area contributed by atoms with Gasteiger partial charge < -0.3 is 15.7 Å². The smallest absolute Gasteiger partial charge is 0.314 e. The minimum atomic E-state index is -0.231. The highest BCUT2D eigenvalue weighted by Gasteiger charge is 2.16. The van der Waals surface area contributed by atoms with Gasteiger partial charge in [-0.15, -0.1) is 0 Å². The number of rotatable bonds is 6. The summed E-state index contributed by atoms with van der Waals surface area (Å²) in [7, 11) is 0. The van der Waals surface area contributed by atoms with E-state index >= 15 is 0 Å². The zero-order chi connectivity index (χ0) is 13.4. The quantitative estimate of drug-likeness (QED) is 0.720. The highest BCUT2D eigenvalue weighted by atomic mass is 16.3. The fraction of sp³-hybridized carbons (Fsp3) is 0.500. The molecular weight excluding hydrogens is 228 g/mol. The fourth-order valence-electron chi connectivity index (χ4n) is 1.87. The lowest BCUT2D eigenvalue weighted by atomic mass is 9.88. The molecule has 0 bridgehead atoms. The standard InChI is InChI=1S/C14H22N2O2/c1-11(2)13(12-6-4-3-5-7-12)10-16-14(18)15-8-9-17/h3-7,11,13,17H,8-10H2,1-2H3,(H2,15,16,18). The molecule has 1 atom stereocenters. The van der Waals surface area contributed by atoms with Crippen molar-refractivity contribution in [3.63, 3.8) is 0 Å². The molecule has 1 aromatic rings. The minimum absolute atomic E-state index is 0.0420. The van der Waals surface area contributed by atoms with Gasteiger partial charge in [-0.2, -0.15) is 0 Å². The van der Waals surface area contributed by atoms with Crippen LogP contribution in [0.3, 0.4) is 0 Å². The van der Waals surface area contributed by atoms with E-state index in [9.17, 15) is 4.79 Å². The zero-order valence-corrected chi connectivity index (χ0v) is 11.0. The molecule has 1 rings (SSSR count). The number of urea groups is 1. The summed E-state index contributed by atoms with van der Waals surface area (Å²) in [5.74, 6) is 0.747. The van der Waals surface area contributed by atoms with Gasteiger partial charge in [0.15, 0.2) is 0 Å². The Kier molecular flexibility index (Phi) is 6.22. The lowest BCUT2D eigenvalue weighted by Gasteiger charge is -2.22. The summed E-state index contributed by atoms with van der Waals surface area (Å²) in [6, 6.07) is 9.94. The second-order valence-electron chi connectivity index (χ2n) is 4.62. The van der Waals surface area contributed by atoms with E-state index in [1.807, 2.05) is 18.2 Å². The predicted molar refractivity (Wildman–Crippen MR) is 72.5 cm³/mol. The van der Waals surface area contributed by atoms with Gasteiger partial charge in [0, 0.05) is 19.0 Å². The van der Waals surface area contributed by atoms with Gasteiger partial charge in [-0.1, -0.05) is 44.2 Å². The number of aliphatic hydroxyl groups is 1. The Balaban J connectivity index is 2.52. The topological polar surface area (TPSA) is 61.4 Å². The van der Waals surface area contributed by atoms with Gasteiger partial charge >= 0.3 is 6.03 Å². The van der Waals surface area contributed by atoms with Gasteiger partial charge in [0.1, 0.15) is 0 Å². The molecular formula is C14H22N2O2. The molecule has 4 nitrogen and oxygen atoms in total. The second kappa shape index (κ2) is 7.71. The molecule has 1 aromatic carbocycles. The van der Waals surface area contributed by atoms with Crippen molar-refractivity contribution in [3.8, 4) is 0 Å². The first-order valence-corrected chi connectivity index (χ1v) is 6.32. The zero-order valence-electron chi connectivity index (χ0n) is 11.0. The van der Waals surface area contributed by atoms with Crippen molar-refractivity contribution in [2.75, 3.05) is 19.7 Å². The van der Waals surface area contributed by atoms with Crippen LogP contribution in [0.5, 0.6) is 0 Å². The van der Waals surface area contributed by atoms with Crippen LogP contribution in [0.4, 0.5) is 4.79 Å². The van der Waals surface area contributed by atoms with Gasteiger partial charge in [0.2, 0.25) is 0 Å². The van der Waals surface area contributed by atoms with E-state index in [4.69, 9.17) is 5.11 Å². The third-order valence-corrected chi connectivity index (χ3v) is 2.91. The number of aliphatic hydroxyl groups excluding tert-OH is 1. The second-order valence-corrected chi connectivity index (χ2v) is 4.62. The largest absolute Gasteiger partial charge is 0.395 e. The third-order valence-electron chi connectivity index (χ3n) is 2.91. The number of carbonyl (C=O) groups excluding carboxylic acids is 1. The molecule has 0 spiro atoms. The molecule has 3 N–H and O–H groups in total. The van der Waals surface area contributed by atoms with Crippen molar-refractivity contribution >= 4 is 6.03 Å². The molecule has 0 aromatic heterocycles. The van der Waals surface area contributed by atoms with Gasteiger partial charge in [0.25, 0.3) is 0 Å². The summed E-state index contributed by atoms with van der Waals surface area (Å²) in [5, 5.41) is 14.0. The lowest BCUT2D eigenvalue weighted by molar-refractivity contribution is 0.233. The average Bonchev–Trinajstić information content (AvgIpc) is 2.37. The van der Waals surface area contributed by atoms with E-state index in [1.165, 1.54) is 5.56 Å². The molecule has 4 heteroatoms. The van der Waals surface area contributed by atoms with Crippen LogP contribution in [0.25, 0.3) is 0 Å². The highest BCUT2D eigenvalue weighted by Crippen LogP contribution is 2.23. The maximum absolute atomic E-state index is 11.4. The molecule has 100 valence electrons. The fourth-order valence-corrected chi connectivity index (χ4v) is 1.87. The van der Waals surface area contributed by atoms with E-state index in [1.54, 1.807) is 0 Å². The summed E-state index contributed by atoms with van der Waals surface area (Å²) < 4.78 is 0. The van der Waals surface area contributed by atoms with Crippen LogP contribution in [0.15, 0.2) is 30.3 Å². The number of hydrogen-bond donors (Lipinski definition) is 3. The summed E-state index contributed by atoms with van der Waals surface area (Å²) in [5.41, 5.74) is 1.23. The first-order chi connectivity index (χ1) is 8.65. The Morgan fingerprint density at radius 1 is 1.22 bits per heavy atom. The van der Waals surface area contributed by atoms with Crippen LogP contribution in [0.1, 0.15) is 25.3 Å². The normalized spacial score (nSPS) is 12.2. The lowest BCUT2D eigenvalue weighted by Crippen LogP contribution is -2.39. The first-order valence-electron chi connectivity index (χ1n) is 6.32. The number of nitrogens with one attached hydrogen (secondary N) is 2. The van der Waals surface area contributed by atoms with Crippen LogP contribution in [0.2, 0.25) is 0 Å². The van der Waals surface area contributed by atoms with Gasteiger partial charge in [-0.05, 0) is 11.5 Å². The first kappa shape index (κ1) is 14.5. The molecule has 0 aliphatic heterocycles. The third kappa shape index (κ3) is 4.75. The summed E-state index contributed by atoms with van der Waals surface area (Å²) in [6.45, 7) is 5.12. The Bertz CT molecular complexity index is 352. The van der Waals surface area contributed by atoms with Gasteiger partial charge in [-0.3, -0.25) is 0 Å². The molecule has 18 heavy (non-hydrogen) atoms. The summed E-state index contributed by atoms with van der Waals surface area (Å²) in [6.07, 6.45) is 0. The maximum atomic E-state index is 11.4. The monoisotopic (exact) mass is 250 g/mol. The van der Waals surface area contributed by atoms with Crippen molar-refractivity contribution in [2.45, 2.75) is 19.8 Å². The van der Waals surface area contributed by atoms with E-state index in [-0.39, 0.29) is 19.2 Å². The Labute approximate surface area is 108 Å². The molecule has 0 heterocycles. The molecule has 0 saturated heterocycles. The van der Waals surface area contributed by atoms with Crippen molar-refractivity contribution in [1.29, 1.82) is 0 Å². The van der Waals surface area contributed by atoms with Crippen molar-refractivity contribution in [3.05, 3.63) is 35.9 Å². The SMILES string of the molecule is CC(C)C(CNC(=O)NCCO)c1ccccc1. The predicted octanol–water partition coefficient (Wildman–Crippen LogP) is 1.72. The van der Waals surface area contributed by atoms with E-state index in [2.05, 4.69) is 36.6 Å². The van der Waals surface area contributed by atoms with E-state index < -0.39 is 0 Å². The van der Waals surface area contributed by atoms with Crippen LogP contribution in [0, 0.1) is 5.92 Å². The molecule has 0 aliphatic rings. The van der Waals surface area contributed by atoms with Crippen molar-refractivity contribution < 1.29 is 9.90 Å². The van der Waals surface area contributed by atoms with Crippen LogP contribution in [-0.4, -0.2) is 30.8 Å². The number of amides is 2. The number of hydrogen-bond acceptors (Lipinski definition) is 2. The van der Waals surface area contributed by atoms with Crippen LogP contribution >= 0.6 is 0 Å². The number of carbonyl (C=O) groups is 1. The molecule has 0 aliphatic carbocycles. The maximum Gasteiger partial charge on any atom is 0.314 e. The van der Waals surface area contributed by atoms with Crippen LogP contribution < -0.4 is 10.6 Å². The molecule has 1 unspecified atom stereocenters. The average molecular weight is 250 g/mol. The Morgan fingerprint density at radius 3 is 2.44 bits per heavy atom. The van der Waals surface area contributed by atoms with Gasteiger partial charge in [0.05, 0.1) is 6.61 Å². The van der Waals surface area contributed by atoms with Crippen LogP contribution in [-0.2, 0) is 0 Å². The van der Waals surface area contributed by atoms with Gasteiger partial charge in [-0.25, -0.2) is 4.79 Å². The number of benzene rings is 1. The summed E-state index contributed by atoms with van der Waals surface area (Å²) in [4.78, 5) is 11.4. The molecule has 0 saturated carbocycles. The molecule has 2 amide bonds. The Morgan fingerprint density at radius 2 is 1.89 bits per heavy atom. The highest BCUT2D eigenvalue weighted by molar-refractivity contribution is 5.73.